The number of aryl methyl sites for hydroxylation is 1. The van der Waals surface area contributed by atoms with Gasteiger partial charge >= 0.3 is 0 Å². The minimum Gasteiger partial charge on any atom is -0.298 e. The lowest BCUT2D eigenvalue weighted by atomic mass is 10.0. The van der Waals surface area contributed by atoms with Gasteiger partial charge in [-0.3, -0.25) is 4.79 Å². The van der Waals surface area contributed by atoms with Crippen molar-refractivity contribution in [1.82, 2.24) is 0 Å². The number of rotatable bonds is 1. The molecule has 0 radical (unpaired) electrons. The van der Waals surface area contributed by atoms with E-state index in [4.69, 9.17) is 0 Å². The van der Waals surface area contributed by atoms with Crippen LogP contribution in [0, 0.1) is 0 Å². The molecule has 0 unspecified atom stereocenters. The zero-order valence-corrected chi connectivity index (χ0v) is 6.86. The number of hydrogen-bond acceptors (Lipinski definition) is 2. The SMILES string of the molecule is O=CC1=Cc2ccsc2CC1. The molecule has 0 saturated heterocycles. The maximum atomic E-state index is 10.4. The van der Waals surface area contributed by atoms with Crippen LogP contribution in [0.25, 0.3) is 6.08 Å². The van der Waals surface area contributed by atoms with E-state index in [-0.39, 0.29) is 0 Å². The van der Waals surface area contributed by atoms with Crippen LogP contribution in [0.5, 0.6) is 0 Å². The van der Waals surface area contributed by atoms with E-state index in [1.807, 2.05) is 6.08 Å². The number of aldehydes is 1. The van der Waals surface area contributed by atoms with Crippen LogP contribution >= 0.6 is 11.3 Å². The average Bonchev–Trinajstić information content (AvgIpc) is 2.50. The van der Waals surface area contributed by atoms with Crippen molar-refractivity contribution >= 4 is 23.7 Å². The van der Waals surface area contributed by atoms with Crippen LogP contribution in [0.2, 0.25) is 0 Å². The first-order valence-corrected chi connectivity index (χ1v) is 4.50. The molecule has 0 fully saturated rings. The Morgan fingerprint density at radius 2 is 2.36 bits per heavy atom. The molecule has 1 aliphatic carbocycles. The van der Waals surface area contributed by atoms with Gasteiger partial charge in [-0.1, -0.05) is 0 Å². The molecular formula is C9H8OS. The molecule has 11 heavy (non-hydrogen) atoms. The van der Waals surface area contributed by atoms with Gasteiger partial charge in [0.25, 0.3) is 0 Å². The molecule has 0 saturated carbocycles. The molecule has 1 aliphatic rings. The molecule has 1 aromatic rings. The standard InChI is InChI=1S/C9H8OS/c10-6-7-1-2-9-8(5-7)3-4-11-9/h3-6H,1-2H2. The number of thiophene rings is 1. The molecule has 0 N–H and O–H groups in total. The Morgan fingerprint density at radius 1 is 1.45 bits per heavy atom. The van der Waals surface area contributed by atoms with Gasteiger partial charge in [-0.25, -0.2) is 0 Å². The van der Waals surface area contributed by atoms with Crippen molar-refractivity contribution in [3.8, 4) is 0 Å². The van der Waals surface area contributed by atoms with Crippen LogP contribution in [0.15, 0.2) is 17.0 Å². The van der Waals surface area contributed by atoms with E-state index in [9.17, 15) is 4.79 Å². The first kappa shape index (κ1) is 6.80. The second-order valence-electron chi connectivity index (χ2n) is 2.64. The molecular weight excluding hydrogens is 156 g/mol. The molecule has 2 heteroatoms. The van der Waals surface area contributed by atoms with E-state index in [0.29, 0.717) is 0 Å². The van der Waals surface area contributed by atoms with Crippen LogP contribution in [-0.2, 0) is 11.2 Å². The zero-order valence-electron chi connectivity index (χ0n) is 6.04. The predicted molar refractivity (Wildman–Crippen MR) is 46.7 cm³/mol. The molecule has 56 valence electrons. The normalized spacial score (nSPS) is 15.5. The molecule has 1 aromatic heterocycles. The highest BCUT2D eigenvalue weighted by molar-refractivity contribution is 7.10. The van der Waals surface area contributed by atoms with Crippen LogP contribution in [0.1, 0.15) is 16.9 Å². The lowest BCUT2D eigenvalue weighted by Crippen LogP contribution is -1.95. The third-order valence-corrected chi connectivity index (χ3v) is 2.91. The first-order valence-electron chi connectivity index (χ1n) is 3.62. The maximum absolute atomic E-state index is 10.4. The minimum atomic E-state index is 0.914. The average molecular weight is 164 g/mol. The quantitative estimate of drug-likeness (QED) is 0.582. The fraction of sp³-hybridized carbons (Fsp3) is 0.222. The van der Waals surface area contributed by atoms with E-state index >= 15 is 0 Å². The van der Waals surface area contributed by atoms with E-state index in [1.165, 1.54) is 10.4 Å². The van der Waals surface area contributed by atoms with Crippen molar-refractivity contribution in [3.63, 3.8) is 0 Å². The molecule has 0 amide bonds. The fourth-order valence-corrected chi connectivity index (χ4v) is 2.17. The van der Waals surface area contributed by atoms with Gasteiger partial charge in [0.05, 0.1) is 0 Å². The summed E-state index contributed by atoms with van der Waals surface area (Å²) in [7, 11) is 0. The second-order valence-corrected chi connectivity index (χ2v) is 3.64. The Balaban J connectivity index is 2.44. The molecule has 1 heterocycles. The Labute approximate surface area is 69.4 Å². The van der Waals surface area contributed by atoms with Gasteiger partial charge in [0.2, 0.25) is 0 Å². The van der Waals surface area contributed by atoms with E-state index in [2.05, 4.69) is 11.4 Å². The summed E-state index contributed by atoms with van der Waals surface area (Å²) in [6.07, 6.45) is 4.90. The van der Waals surface area contributed by atoms with Crippen LogP contribution in [-0.4, -0.2) is 6.29 Å². The molecule has 0 spiro atoms. The highest BCUT2D eigenvalue weighted by Crippen LogP contribution is 2.26. The predicted octanol–water partition coefficient (Wildman–Crippen LogP) is 2.28. The number of carbonyl (C=O) groups is 1. The van der Waals surface area contributed by atoms with E-state index in [0.717, 1.165) is 24.7 Å². The van der Waals surface area contributed by atoms with Crippen molar-refractivity contribution in [2.75, 3.05) is 0 Å². The van der Waals surface area contributed by atoms with Gasteiger partial charge in [-0.2, -0.15) is 0 Å². The topological polar surface area (TPSA) is 17.1 Å². The van der Waals surface area contributed by atoms with Gasteiger partial charge in [0, 0.05) is 4.88 Å². The largest absolute Gasteiger partial charge is 0.298 e. The fourth-order valence-electron chi connectivity index (χ4n) is 1.31. The van der Waals surface area contributed by atoms with Crippen molar-refractivity contribution in [2.45, 2.75) is 12.8 Å². The number of allylic oxidation sites excluding steroid dienone is 1. The Kier molecular flexibility index (Phi) is 1.62. The zero-order chi connectivity index (χ0) is 7.68. The first-order chi connectivity index (χ1) is 5.40. The van der Waals surface area contributed by atoms with Gasteiger partial charge in [0.1, 0.15) is 6.29 Å². The van der Waals surface area contributed by atoms with Gasteiger partial charge < -0.3 is 0 Å². The van der Waals surface area contributed by atoms with Gasteiger partial charge in [-0.05, 0) is 41.5 Å². The van der Waals surface area contributed by atoms with Crippen LogP contribution in [0.4, 0.5) is 0 Å². The number of fused-ring (bicyclic) bond motifs is 1. The third kappa shape index (κ3) is 1.14. The monoisotopic (exact) mass is 164 g/mol. The van der Waals surface area contributed by atoms with E-state index < -0.39 is 0 Å². The van der Waals surface area contributed by atoms with Gasteiger partial charge in [0.15, 0.2) is 0 Å². The summed E-state index contributed by atoms with van der Waals surface area (Å²) in [6, 6.07) is 2.07. The Bertz CT molecular complexity index is 309. The summed E-state index contributed by atoms with van der Waals surface area (Å²) >= 11 is 1.78. The summed E-state index contributed by atoms with van der Waals surface area (Å²) in [6.45, 7) is 0. The Hall–Kier alpha value is -0.890. The molecule has 0 aromatic carbocycles. The van der Waals surface area contributed by atoms with Crippen LogP contribution < -0.4 is 0 Å². The maximum Gasteiger partial charge on any atom is 0.146 e. The minimum absolute atomic E-state index is 0.914. The lowest BCUT2D eigenvalue weighted by molar-refractivity contribution is -0.105. The van der Waals surface area contributed by atoms with Crippen molar-refractivity contribution < 1.29 is 4.79 Å². The Morgan fingerprint density at radius 3 is 3.18 bits per heavy atom. The van der Waals surface area contributed by atoms with Crippen molar-refractivity contribution in [2.24, 2.45) is 0 Å². The third-order valence-electron chi connectivity index (χ3n) is 1.91. The summed E-state index contributed by atoms with van der Waals surface area (Å²) in [5, 5.41) is 2.08. The van der Waals surface area contributed by atoms with E-state index in [1.54, 1.807) is 11.3 Å². The second kappa shape index (κ2) is 2.62. The van der Waals surface area contributed by atoms with Crippen LogP contribution in [0.3, 0.4) is 0 Å². The van der Waals surface area contributed by atoms with Gasteiger partial charge in [-0.15, -0.1) is 11.3 Å². The highest BCUT2D eigenvalue weighted by atomic mass is 32.1. The summed E-state index contributed by atoms with van der Waals surface area (Å²) in [5.74, 6) is 0. The highest BCUT2D eigenvalue weighted by Gasteiger charge is 2.09. The number of hydrogen-bond donors (Lipinski definition) is 0. The molecule has 0 bridgehead atoms. The molecule has 1 nitrogen and oxygen atoms in total. The lowest BCUT2D eigenvalue weighted by Gasteiger charge is -2.06. The van der Waals surface area contributed by atoms with Crippen molar-refractivity contribution in [3.05, 3.63) is 27.5 Å². The summed E-state index contributed by atoms with van der Waals surface area (Å²) in [4.78, 5) is 11.8. The number of carbonyl (C=O) groups excluding carboxylic acids is 1. The smallest absolute Gasteiger partial charge is 0.146 e. The molecule has 0 atom stereocenters. The summed E-state index contributed by atoms with van der Waals surface area (Å²) in [5.41, 5.74) is 2.17. The summed E-state index contributed by atoms with van der Waals surface area (Å²) < 4.78 is 0. The molecule has 2 rings (SSSR count). The molecule has 0 aliphatic heterocycles. The van der Waals surface area contributed by atoms with Crippen molar-refractivity contribution in [1.29, 1.82) is 0 Å².